The molecule has 188 valence electrons. The number of nitrogens with zero attached hydrogens (tertiary/aromatic N) is 3. The zero-order valence-electron chi connectivity index (χ0n) is 20.4. The first-order valence-corrected chi connectivity index (χ1v) is 12.0. The molecule has 34 heavy (non-hydrogen) atoms. The molecule has 1 saturated heterocycles. The number of aromatic nitrogens is 2. The van der Waals surface area contributed by atoms with Crippen molar-refractivity contribution in [3.63, 3.8) is 0 Å². The van der Waals surface area contributed by atoms with Crippen molar-refractivity contribution >= 4 is 23.2 Å². The summed E-state index contributed by atoms with van der Waals surface area (Å²) >= 11 is 6.16. The summed E-state index contributed by atoms with van der Waals surface area (Å²) in [5.41, 5.74) is 7.14. The number of terminal acetylenes is 1. The van der Waals surface area contributed by atoms with E-state index >= 15 is 0 Å². The number of likely N-dealkylation sites (tertiary alicyclic amines) is 1. The number of allylic oxidation sites excluding steroid dienone is 2. The SMILES string of the molecule is C#C.CCC/C(C(=O)c1nc(Cl)cc(OCC2CCCN2C)n1)=C(/N)[C@H]1CCCCC1=O.CO. The number of halogens is 1. The highest BCUT2D eigenvalue weighted by Crippen LogP contribution is 2.29. The largest absolute Gasteiger partial charge is 0.476 e. The van der Waals surface area contributed by atoms with Gasteiger partial charge in [0.2, 0.25) is 17.5 Å². The fourth-order valence-electron chi connectivity index (χ4n) is 4.24. The number of Topliss-reactive ketones (excluding diaryl/α,β-unsaturated/α-hetero) is 2. The third-order valence-electron chi connectivity index (χ3n) is 6.02. The topological polar surface area (TPSA) is 119 Å². The number of aliphatic hydroxyl groups excluding tert-OH is 1. The Bertz CT molecular complexity index is 872. The zero-order valence-corrected chi connectivity index (χ0v) is 21.2. The Morgan fingerprint density at radius 1 is 1.26 bits per heavy atom. The number of nitrogens with two attached hydrogens (primary N) is 1. The summed E-state index contributed by atoms with van der Waals surface area (Å²) in [6, 6.07) is 1.84. The van der Waals surface area contributed by atoms with Crippen LogP contribution in [0.2, 0.25) is 5.15 Å². The highest BCUT2D eigenvalue weighted by Gasteiger charge is 2.29. The first-order chi connectivity index (χ1) is 16.4. The van der Waals surface area contributed by atoms with Crippen LogP contribution in [-0.4, -0.2) is 64.9 Å². The van der Waals surface area contributed by atoms with Crippen LogP contribution in [0.3, 0.4) is 0 Å². The molecule has 0 spiro atoms. The molecule has 0 amide bonds. The average molecular weight is 493 g/mol. The number of ketones is 2. The zero-order chi connectivity index (χ0) is 25.7. The molecule has 3 rings (SSSR count). The predicted octanol–water partition coefficient (Wildman–Crippen LogP) is 3.42. The lowest BCUT2D eigenvalue weighted by Gasteiger charge is -2.23. The van der Waals surface area contributed by atoms with Crippen molar-refractivity contribution in [1.82, 2.24) is 14.9 Å². The number of hydrogen-bond donors (Lipinski definition) is 2. The van der Waals surface area contributed by atoms with E-state index in [1.807, 2.05) is 6.92 Å². The van der Waals surface area contributed by atoms with Crippen molar-refractivity contribution < 1.29 is 19.4 Å². The summed E-state index contributed by atoms with van der Waals surface area (Å²) in [4.78, 5) is 36.3. The molecule has 1 unspecified atom stereocenters. The molecule has 2 atom stereocenters. The van der Waals surface area contributed by atoms with Crippen molar-refractivity contribution in [3.05, 3.63) is 28.3 Å². The van der Waals surface area contributed by atoms with E-state index in [0.717, 1.165) is 45.8 Å². The van der Waals surface area contributed by atoms with Crippen LogP contribution < -0.4 is 10.5 Å². The maximum atomic E-state index is 13.2. The Hall–Kier alpha value is -2.47. The predicted molar refractivity (Wildman–Crippen MR) is 134 cm³/mol. The van der Waals surface area contributed by atoms with E-state index < -0.39 is 5.92 Å². The molecule has 1 aliphatic heterocycles. The van der Waals surface area contributed by atoms with Crippen LogP contribution in [0.1, 0.15) is 68.9 Å². The maximum absolute atomic E-state index is 13.2. The Kier molecular flexibility index (Phi) is 13.4. The van der Waals surface area contributed by atoms with Crippen LogP contribution in [0.4, 0.5) is 0 Å². The lowest BCUT2D eigenvalue weighted by atomic mass is 9.83. The van der Waals surface area contributed by atoms with E-state index in [0.29, 0.717) is 43.2 Å². The second-order valence-corrected chi connectivity index (χ2v) is 8.61. The summed E-state index contributed by atoms with van der Waals surface area (Å²) < 4.78 is 5.83. The molecule has 2 aliphatic rings. The molecule has 3 N–H and O–H groups in total. The quantitative estimate of drug-likeness (QED) is 0.245. The van der Waals surface area contributed by atoms with Crippen molar-refractivity contribution in [2.45, 2.75) is 64.3 Å². The summed E-state index contributed by atoms with van der Waals surface area (Å²) in [7, 11) is 3.07. The van der Waals surface area contributed by atoms with Gasteiger partial charge in [0.25, 0.3) is 0 Å². The highest BCUT2D eigenvalue weighted by atomic mass is 35.5. The van der Waals surface area contributed by atoms with Crippen LogP contribution in [0, 0.1) is 18.8 Å². The molecule has 2 fully saturated rings. The van der Waals surface area contributed by atoms with E-state index in [4.69, 9.17) is 27.2 Å². The van der Waals surface area contributed by atoms with E-state index in [1.54, 1.807) is 0 Å². The minimum Gasteiger partial charge on any atom is -0.476 e. The molecule has 0 radical (unpaired) electrons. The van der Waals surface area contributed by atoms with Crippen LogP contribution in [0.15, 0.2) is 17.3 Å². The molecule has 8 nitrogen and oxygen atoms in total. The number of hydrogen-bond acceptors (Lipinski definition) is 8. The van der Waals surface area contributed by atoms with Gasteiger partial charge in [0.15, 0.2) is 0 Å². The van der Waals surface area contributed by atoms with Crippen LogP contribution in [0.25, 0.3) is 0 Å². The van der Waals surface area contributed by atoms with E-state index in [-0.39, 0.29) is 28.4 Å². The minimum atomic E-state index is -0.392. The number of ether oxygens (including phenoxy) is 1. The van der Waals surface area contributed by atoms with Crippen molar-refractivity contribution in [1.29, 1.82) is 0 Å². The number of rotatable bonds is 8. The maximum Gasteiger partial charge on any atom is 0.228 e. The van der Waals surface area contributed by atoms with Crippen molar-refractivity contribution in [3.8, 4) is 18.7 Å². The van der Waals surface area contributed by atoms with Gasteiger partial charge in [-0.1, -0.05) is 31.4 Å². The molecule has 0 bridgehead atoms. The van der Waals surface area contributed by atoms with Gasteiger partial charge in [-0.15, -0.1) is 12.8 Å². The van der Waals surface area contributed by atoms with E-state index in [2.05, 4.69) is 34.8 Å². The molecular formula is C25H37ClN4O4. The van der Waals surface area contributed by atoms with Gasteiger partial charge in [0.1, 0.15) is 17.5 Å². The molecule has 0 aromatic carbocycles. The standard InChI is InChI=1S/C22H31ClN4O3.C2H2.CH4O/c1-3-7-16(20(24)15-9-4-5-10-17(15)28)21(29)22-25-18(23)12-19(26-22)30-13-14-8-6-11-27(14)2;2*1-2/h12,14-15H,3-11,13,24H2,1-2H3;1-2H;2H,1H3/b20-16-;;/t14?,15-;;/m0../s1. The van der Waals surface area contributed by atoms with E-state index in [9.17, 15) is 9.59 Å². The Morgan fingerprint density at radius 2 is 1.97 bits per heavy atom. The molecule has 1 aromatic heterocycles. The van der Waals surface area contributed by atoms with Crippen molar-refractivity contribution in [2.24, 2.45) is 11.7 Å². The fourth-order valence-corrected chi connectivity index (χ4v) is 4.41. The smallest absolute Gasteiger partial charge is 0.228 e. The molecule has 1 saturated carbocycles. The van der Waals surface area contributed by atoms with Gasteiger partial charge in [-0.2, -0.15) is 4.98 Å². The lowest BCUT2D eigenvalue weighted by Crippen LogP contribution is -2.31. The van der Waals surface area contributed by atoms with Gasteiger partial charge in [0, 0.05) is 36.9 Å². The van der Waals surface area contributed by atoms with Gasteiger partial charge >= 0.3 is 0 Å². The summed E-state index contributed by atoms with van der Waals surface area (Å²) in [6.45, 7) is 3.50. The summed E-state index contributed by atoms with van der Waals surface area (Å²) in [5.74, 6) is -0.416. The van der Waals surface area contributed by atoms with Crippen LogP contribution >= 0.6 is 11.6 Å². The summed E-state index contributed by atoms with van der Waals surface area (Å²) in [5, 5.41) is 7.14. The average Bonchev–Trinajstić information content (AvgIpc) is 3.27. The van der Waals surface area contributed by atoms with Gasteiger partial charge in [-0.25, -0.2) is 4.98 Å². The number of carbonyl (C=O) groups excluding carboxylic acids is 2. The highest BCUT2D eigenvalue weighted by molar-refractivity contribution is 6.29. The number of carbonyl (C=O) groups is 2. The molecule has 1 aromatic rings. The second kappa shape index (κ2) is 15.4. The number of aliphatic hydroxyl groups is 1. The van der Waals surface area contributed by atoms with Gasteiger partial charge in [0.05, 0.1) is 5.92 Å². The monoisotopic (exact) mass is 492 g/mol. The third-order valence-corrected chi connectivity index (χ3v) is 6.22. The van der Waals surface area contributed by atoms with E-state index in [1.165, 1.54) is 6.07 Å². The first kappa shape index (κ1) is 29.6. The first-order valence-electron chi connectivity index (χ1n) is 11.6. The van der Waals surface area contributed by atoms with Crippen LogP contribution in [0.5, 0.6) is 5.88 Å². The minimum absolute atomic E-state index is 0.0352. The normalized spacial score (nSPS) is 20.9. The van der Waals surface area contributed by atoms with Gasteiger partial charge < -0.3 is 20.5 Å². The Balaban J connectivity index is 0.00000137. The fraction of sp³-hybridized carbons (Fsp3) is 0.600. The Morgan fingerprint density at radius 3 is 2.56 bits per heavy atom. The van der Waals surface area contributed by atoms with Crippen LogP contribution in [-0.2, 0) is 4.79 Å². The lowest BCUT2D eigenvalue weighted by molar-refractivity contribution is -0.123. The second-order valence-electron chi connectivity index (χ2n) is 8.22. The molecule has 1 aliphatic carbocycles. The molecular weight excluding hydrogens is 456 g/mol. The van der Waals surface area contributed by atoms with Crippen molar-refractivity contribution in [2.75, 3.05) is 27.3 Å². The number of likely N-dealkylation sites (N-methyl/N-ethyl adjacent to an activating group) is 1. The Labute approximate surface area is 207 Å². The van der Waals surface area contributed by atoms with Gasteiger partial charge in [-0.05, 0) is 45.7 Å². The summed E-state index contributed by atoms with van der Waals surface area (Å²) in [6.07, 6.45) is 14.4. The molecule has 9 heteroatoms. The third kappa shape index (κ3) is 8.08. The molecule has 2 heterocycles. The van der Waals surface area contributed by atoms with Gasteiger partial charge in [-0.3, -0.25) is 9.59 Å².